The van der Waals surface area contributed by atoms with Crippen molar-refractivity contribution in [1.29, 1.82) is 0 Å². The van der Waals surface area contributed by atoms with Gasteiger partial charge in [-0.2, -0.15) is 0 Å². The normalized spacial score (nSPS) is 12.2. The maximum absolute atomic E-state index is 13.3. The Kier molecular flexibility index (Phi) is 9.95. The first-order valence-electron chi connectivity index (χ1n) is 12.0. The summed E-state index contributed by atoms with van der Waals surface area (Å²) < 4.78 is 5.82. The Morgan fingerprint density at radius 1 is 1.00 bits per heavy atom. The molecule has 0 aliphatic rings. The summed E-state index contributed by atoms with van der Waals surface area (Å²) in [5.41, 5.74) is 3.40. The molecule has 0 aliphatic heterocycles. The van der Waals surface area contributed by atoms with E-state index in [0.29, 0.717) is 25.3 Å². The fourth-order valence-corrected chi connectivity index (χ4v) is 3.60. The average Bonchev–Trinajstić information content (AvgIpc) is 2.78. The minimum absolute atomic E-state index is 0.0542. The van der Waals surface area contributed by atoms with Crippen LogP contribution in [0.5, 0.6) is 5.75 Å². The van der Waals surface area contributed by atoms with Crippen LogP contribution < -0.4 is 10.1 Å². The zero-order valence-electron chi connectivity index (χ0n) is 21.1. The molecule has 0 aromatic heterocycles. The minimum atomic E-state index is -0.539. The van der Waals surface area contributed by atoms with Gasteiger partial charge in [-0.1, -0.05) is 83.0 Å². The van der Waals surface area contributed by atoms with Crippen molar-refractivity contribution >= 4 is 11.8 Å². The molecule has 180 valence electrons. The lowest BCUT2D eigenvalue weighted by molar-refractivity contribution is -0.143. The van der Waals surface area contributed by atoms with E-state index < -0.39 is 6.04 Å². The van der Waals surface area contributed by atoms with E-state index in [1.165, 1.54) is 5.56 Å². The van der Waals surface area contributed by atoms with Crippen LogP contribution in [-0.4, -0.2) is 35.9 Å². The highest BCUT2D eigenvalue weighted by Crippen LogP contribution is 2.24. The van der Waals surface area contributed by atoms with Crippen molar-refractivity contribution in [2.24, 2.45) is 0 Å². The quantitative estimate of drug-likeness (QED) is 0.465. The zero-order valence-corrected chi connectivity index (χ0v) is 21.1. The second-order valence-corrected chi connectivity index (χ2v) is 9.64. The van der Waals surface area contributed by atoms with Gasteiger partial charge in [0, 0.05) is 13.1 Å². The smallest absolute Gasteiger partial charge is 0.261 e. The van der Waals surface area contributed by atoms with Crippen LogP contribution in [0.1, 0.15) is 70.6 Å². The Morgan fingerprint density at radius 2 is 1.64 bits per heavy atom. The number of rotatable bonds is 11. The molecule has 1 unspecified atom stereocenters. The Balaban J connectivity index is 2.15. The van der Waals surface area contributed by atoms with Gasteiger partial charge in [-0.15, -0.1) is 0 Å². The number of amides is 2. The summed E-state index contributed by atoms with van der Waals surface area (Å²) in [6, 6.07) is 15.4. The van der Waals surface area contributed by atoms with Gasteiger partial charge in [0.15, 0.2) is 6.61 Å². The number of hydrogen-bond acceptors (Lipinski definition) is 3. The predicted molar refractivity (Wildman–Crippen MR) is 134 cm³/mol. The van der Waals surface area contributed by atoms with Crippen LogP contribution in [0, 0.1) is 6.92 Å². The maximum atomic E-state index is 13.3. The van der Waals surface area contributed by atoms with Crippen molar-refractivity contribution in [1.82, 2.24) is 10.2 Å². The van der Waals surface area contributed by atoms with Crippen LogP contribution in [-0.2, 0) is 21.5 Å². The molecule has 0 heterocycles. The van der Waals surface area contributed by atoms with E-state index in [1.54, 1.807) is 4.90 Å². The Hall–Kier alpha value is -2.82. The molecule has 0 aliphatic carbocycles. The molecule has 5 heteroatoms. The topological polar surface area (TPSA) is 58.6 Å². The first-order chi connectivity index (χ1) is 15.7. The highest BCUT2D eigenvalue weighted by molar-refractivity contribution is 5.88. The fourth-order valence-electron chi connectivity index (χ4n) is 3.60. The van der Waals surface area contributed by atoms with E-state index in [1.807, 2.05) is 62.4 Å². The number of carbonyl (C=O) groups excluding carboxylic acids is 2. The Bertz CT molecular complexity index is 883. The summed E-state index contributed by atoms with van der Waals surface area (Å²) in [6.45, 7) is 13.4. The molecule has 1 atom stereocenters. The molecule has 0 saturated heterocycles. The third kappa shape index (κ3) is 8.23. The number of benzene rings is 2. The summed E-state index contributed by atoms with van der Waals surface area (Å²) in [5.74, 6) is 0.334. The van der Waals surface area contributed by atoms with Crippen LogP contribution in [0.3, 0.4) is 0 Å². The zero-order chi connectivity index (χ0) is 24.4. The van der Waals surface area contributed by atoms with Gasteiger partial charge in [-0.3, -0.25) is 9.59 Å². The lowest BCUT2D eigenvalue weighted by Crippen LogP contribution is -2.50. The highest BCUT2D eigenvalue weighted by Gasteiger charge is 2.28. The van der Waals surface area contributed by atoms with Gasteiger partial charge in [-0.05, 0) is 48.4 Å². The van der Waals surface area contributed by atoms with Crippen LogP contribution in [0.15, 0.2) is 48.5 Å². The minimum Gasteiger partial charge on any atom is -0.484 e. The van der Waals surface area contributed by atoms with Crippen LogP contribution in [0.4, 0.5) is 0 Å². The van der Waals surface area contributed by atoms with Crippen molar-refractivity contribution in [3.8, 4) is 5.75 Å². The number of ether oxygens (including phenoxy) is 1. The van der Waals surface area contributed by atoms with Crippen LogP contribution in [0.2, 0.25) is 0 Å². The summed E-state index contributed by atoms with van der Waals surface area (Å²) in [7, 11) is 0. The largest absolute Gasteiger partial charge is 0.484 e. The van der Waals surface area contributed by atoms with E-state index in [-0.39, 0.29) is 23.8 Å². The molecular weight excluding hydrogens is 412 g/mol. The van der Waals surface area contributed by atoms with Gasteiger partial charge in [-0.25, -0.2) is 0 Å². The number of carbonyl (C=O) groups is 2. The van der Waals surface area contributed by atoms with Gasteiger partial charge in [0.1, 0.15) is 11.8 Å². The molecule has 2 aromatic carbocycles. The Morgan fingerprint density at radius 3 is 2.18 bits per heavy atom. The monoisotopic (exact) mass is 452 g/mol. The van der Waals surface area contributed by atoms with Gasteiger partial charge in [0.2, 0.25) is 5.91 Å². The molecule has 0 saturated carbocycles. The van der Waals surface area contributed by atoms with E-state index in [2.05, 4.69) is 33.0 Å². The molecular formula is C28H40N2O3. The van der Waals surface area contributed by atoms with Gasteiger partial charge in [0.05, 0.1) is 0 Å². The maximum Gasteiger partial charge on any atom is 0.261 e. The van der Waals surface area contributed by atoms with E-state index >= 15 is 0 Å². The van der Waals surface area contributed by atoms with Gasteiger partial charge >= 0.3 is 0 Å². The summed E-state index contributed by atoms with van der Waals surface area (Å²) in [6.07, 6.45) is 2.46. The van der Waals surface area contributed by atoms with Crippen LogP contribution >= 0.6 is 0 Å². The predicted octanol–water partition coefficient (Wildman–Crippen LogP) is 5.40. The molecule has 2 rings (SSSR count). The van der Waals surface area contributed by atoms with Crippen molar-refractivity contribution in [2.75, 3.05) is 13.2 Å². The summed E-state index contributed by atoms with van der Waals surface area (Å²) >= 11 is 0. The molecule has 0 radical (unpaired) electrons. The molecule has 0 fully saturated rings. The fraction of sp³-hybridized carbons (Fsp3) is 0.500. The van der Waals surface area contributed by atoms with E-state index in [9.17, 15) is 9.59 Å². The number of aryl methyl sites for hydroxylation is 1. The number of nitrogens with one attached hydrogen (secondary N) is 1. The van der Waals surface area contributed by atoms with Crippen LogP contribution in [0.25, 0.3) is 0 Å². The first kappa shape index (κ1) is 26.4. The van der Waals surface area contributed by atoms with Crippen molar-refractivity contribution in [3.05, 3.63) is 65.2 Å². The molecule has 0 bridgehead atoms. The standard InChI is InChI=1S/C28H40N2O3/c1-7-9-18-29-27(32)25(8-2)30(19-22-12-10-21(3)11-13-22)26(31)20-33-24-16-14-23(15-17-24)28(4,5)6/h10-17,25H,7-9,18-20H2,1-6H3,(H,29,32). The second-order valence-electron chi connectivity index (χ2n) is 9.64. The number of hydrogen-bond donors (Lipinski definition) is 1. The third-order valence-corrected chi connectivity index (χ3v) is 5.77. The van der Waals surface area contributed by atoms with Gasteiger partial charge in [0.25, 0.3) is 5.91 Å². The van der Waals surface area contributed by atoms with E-state index in [0.717, 1.165) is 24.0 Å². The lowest BCUT2D eigenvalue weighted by Gasteiger charge is -2.30. The second kappa shape index (κ2) is 12.4. The van der Waals surface area contributed by atoms with Gasteiger partial charge < -0.3 is 15.0 Å². The molecule has 33 heavy (non-hydrogen) atoms. The van der Waals surface area contributed by atoms with Crippen molar-refractivity contribution in [2.45, 2.75) is 78.8 Å². The van der Waals surface area contributed by atoms with Crippen molar-refractivity contribution in [3.63, 3.8) is 0 Å². The first-order valence-corrected chi connectivity index (χ1v) is 12.0. The molecule has 0 spiro atoms. The highest BCUT2D eigenvalue weighted by atomic mass is 16.5. The summed E-state index contributed by atoms with van der Waals surface area (Å²) in [5, 5.41) is 2.99. The molecule has 2 aromatic rings. The molecule has 1 N–H and O–H groups in total. The molecule has 2 amide bonds. The molecule has 5 nitrogen and oxygen atoms in total. The Labute approximate surface area is 199 Å². The lowest BCUT2D eigenvalue weighted by atomic mass is 9.87. The third-order valence-electron chi connectivity index (χ3n) is 5.77. The summed E-state index contributed by atoms with van der Waals surface area (Å²) in [4.78, 5) is 27.8. The number of unbranched alkanes of at least 4 members (excludes halogenated alkanes) is 1. The SMILES string of the molecule is CCCCNC(=O)C(CC)N(Cc1ccc(C)cc1)C(=O)COc1ccc(C(C)(C)C)cc1. The van der Waals surface area contributed by atoms with E-state index in [4.69, 9.17) is 4.74 Å². The number of nitrogens with zero attached hydrogens (tertiary/aromatic N) is 1. The average molecular weight is 453 g/mol. The van der Waals surface area contributed by atoms with Crippen molar-refractivity contribution < 1.29 is 14.3 Å².